The van der Waals surface area contributed by atoms with E-state index in [1.165, 1.54) is 0 Å². The Bertz CT molecular complexity index is 690. The zero-order valence-corrected chi connectivity index (χ0v) is 15.0. The SMILES string of the molecule is COc1c(Br)cc(CNc2ccc(C#N)cc2Cl)cc1Br. The highest BCUT2D eigenvalue weighted by atomic mass is 79.9. The molecule has 0 aliphatic rings. The molecule has 0 aromatic heterocycles. The van der Waals surface area contributed by atoms with Crippen LogP contribution in [0.25, 0.3) is 0 Å². The first-order chi connectivity index (χ1) is 10.0. The lowest BCUT2D eigenvalue weighted by Crippen LogP contribution is -2.01. The van der Waals surface area contributed by atoms with Crippen LogP contribution in [-0.2, 0) is 6.54 Å². The molecule has 6 heteroatoms. The Balaban J connectivity index is 2.15. The zero-order chi connectivity index (χ0) is 15.4. The topological polar surface area (TPSA) is 45.0 Å². The van der Waals surface area contributed by atoms with Gasteiger partial charge in [-0.2, -0.15) is 5.26 Å². The summed E-state index contributed by atoms with van der Waals surface area (Å²) in [7, 11) is 1.62. The Morgan fingerprint density at radius 1 is 1.24 bits per heavy atom. The number of nitriles is 1. The molecule has 2 aromatic rings. The zero-order valence-electron chi connectivity index (χ0n) is 11.1. The van der Waals surface area contributed by atoms with E-state index in [0.29, 0.717) is 17.1 Å². The lowest BCUT2D eigenvalue weighted by atomic mass is 10.2. The van der Waals surface area contributed by atoms with Gasteiger partial charge in [0.05, 0.1) is 38.4 Å². The third-order valence-corrected chi connectivity index (χ3v) is 4.33. The Kier molecular flexibility index (Phi) is 5.51. The summed E-state index contributed by atoms with van der Waals surface area (Å²) in [6, 6.07) is 11.2. The largest absolute Gasteiger partial charge is 0.494 e. The molecule has 0 atom stereocenters. The fraction of sp³-hybridized carbons (Fsp3) is 0.133. The van der Waals surface area contributed by atoms with Crippen LogP contribution in [0.3, 0.4) is 0 Å². The Morgan fingerprint density at radius 3 is 2.43 bits per heavy atom. The van der Waals surface area contributed by atoms with E-state index in [2.05, 4.69) is 43.2 Å². The van der Waals surface area contributed by atoms with Gasteiger partial charge in [0.25, 0.3) is 0 Å². The first-order valence-electron chi connectivity index (χ1n) is 6.00. The van der Waals surface area contributed by atoms with Crippen molar-refractivity contribution < 1.29 is 4.74 Å². The van der Waals surface area contributed by atoms with Gasteiger partial charge < -0.3 is 10.1 Å². The molecule has 0 amide bonds. The van der Waals surface area contributed by atoms with E-state index in [-0.39, 0.29) is 0 Å². The summed E-state index contributed by atoms with van der Waals surface area (Å²) in [6.45, 7) is 0.604. The quantitative estimate of drug-likeness (QED) is 0.711. The summed E-state index contributed by atoms with van der Waals surface area (Å²) in [5, 5.41) is 12.6. The van der Waals surface area contributed by atoms with E-state index in [4.69, 9.17) is 21.6 Å². The second kappa shape index (κ2) is 7.17. The third-order valence-electron chi connectivity index (χ3n) is 2.84. The van der Waals surface area contributed by atoms with Gasteiger partial charge in [0, 0.05) is 6.54 Å². The van der Waals surface area contributed by atoms with E-state index in [1.54, 1.807) is 25.3 Å². The first kappa shape index (κ1) is 16.2. The van der Waals surface area contributed by atoms with Crippen molar-refractivity contribution in [3.63, 3.8) is 0 Å². The van der Waals surface area contributed by atoms with Crippen LogP contribution in [0, 0.1) is 11.3 Å². The number of halogens is 3. The summed E-state index contributed by atoms with van der Waals surface area (Å²) in [6.07, 6.45) is 0. The number of nitrogens with zero attached hydrogens (tertiary/aromatic N) is 1. The molecule has 21 heavy (non-hydrogen) atoms. The highest BCUT2D eigenvalue weighted by Gasteiger charge is 2.08. The van der Waals surface area contributed by atoms with Crippen molar-refractivity contribution in [2.24, 2.45) is 0 Å². The summed E-state index contributed by atoms with van der Waals surface area (Å²) < 4.78 is 7.03. The molecule has 3 nitrogen and oxygen atoms in total. The van der Waals surface area contributed by atoms with Gasteiger partial charge in [0.2, 0.25) is 0 Å². The summed E-state index contributed by atoms with van der Waals surface area (Å²) in [5.41, 5.74) is 2.40. The molecule has 0 unspecified atom stereocenters. The van der Waals surface area contributed by atoms with Gasteiger partial charge in [-0.15, -0.1) is 0 Å². The molecule has 0 radical (unpaired) electrons. The highest BCUT2D eigenvalue weighted by molar-refractivity contribution is 9.11. The van der Waals surface area contributed by atoms with Crippen LogP contribution in [0.4, 0.5) is 5.69 Å². The number of ether oxygens (including phenoxy) is 1. The number of rotatable bonds is 4. The average Bonchev–Trinajstić information content (AvgIpc) is 2.45. The number of benzene rings is 2. The standard InChI is InChI=1S/C15H11Br2ClN2O/c1-21-15-11(16)4-10(5-12(15)17)8-20-14-3-2-9(7-19)6-13(14)18/h2-6,20H,8H2,1H3. The Labute approximate surface area is 145 Å². The van der Waals surface area contributed by atoms with Crippen molar-refractivity contribution in [1.29, 1.82) is 5.26 Å². The van der Waals surface area contributed by atoms with Crippen LogP contribution in [0.2, 0.25) is 5.02 Å². The minimum Gasteiger partial charge on any atom is -0.494 e. The maximum Gasteiger partial charge on any atom is 0.147 e. The van der Waals surface area contributed by atoms with Crippen molar-refractivity contribution >= 4 is 49.1 Å². The predicted molar refractivity (Wildman–Crippen MR) is 91.9 cm³/mol. The molecular weight excluding hydrogens is 419 g/mol. The summed E-state index contributed by atoms with van der Waals surface area (Å²) in [5.74, 6) is 0.759. The lowest BCUT2D eigenvalue weighted by molar-refractivity contribution is 0.409. The summed E-state index contributed by atoms with van der Waals surface area (Å²) >= 11 is 13.1. The number of hydrogen-bond donors (Lipinski definition) is 1. The molecule has 0 spiro atoms. The van der Waals surface area contributed by atoms with Crippen LogP contribution in [0.15, 0.2) is 39.3 Å². The minimum absolute atomic E-state index is 0.528. The monoisotopic (exact) mass is 428 g/mol. The molecule has 2 rings (SSSR count). The molecule has 0 fully saturated rings. The first-order valence-corrected chi connectivity index (χ1v) is 7.97. The fourth-order valence-corrected chi connectivity index (χ4v) is 3.69. The maximum absolute atomic E-state index is 8.82. The molecular formula is C15H11Br2ClN2O. The van der Waals surface area contributed by atoms with E-state index in [1.807, 2.05) is 12.1 Å². The summed E-state index contributed by atoms with van der Waals surface area (Å²) in [4.78, 5) is 0. The minimum atomic E-state index is 0.528. The van der Waals surface area contributed by atoms with Gasteiger partial charge in [-0.3, -0.25) is 0 Å². The molecule has 1 N–H and O–H groups in total. The van der Waals surface area contributed by atoms with Gasteiger partial charge in [0.1, 0.15) is 5.75 Å². The van der Waals surface area contributed by atoms with E-state index in [9.17, 15) is 0 Å². The smallest absolute Gasteiger partial charge is 0.147 e. The number of nitrogens with one attached hydrogen (secondary N) is 1. The van der Waals surface area contributed by atoms with Crippen LogP contribution < -0.4 is 10.1 Å². The van der Waals surface area contributed by atoms with Gasteiger partial charge >= 0.3 is 0 Å². The number of anilines is 1. The number of hydrogen-bond acceptors (Lipinski definition) is 3. The van der Waals surface area contributed by atoms with Gasteiger partial charge in [-0.05, 0) is 67.8 Å². The lowest BCUT2D eigenvalue weighted by Gasteiger charge is -2.12. The highest BCUT2D eigenvalue weighted by Crippen LogP contribution is 2.34. The van der Waals surface area contributed by atoms with E-state index >= 15 is 0 Å². The average molecular weight is 431 g/mol. The molecule has 0 saturated carbocycles. The van der Waals surface area contributed by atoms with Crippen LogP contribution in [0.1, 0.15) is 11.1 Å². The third kappa shape index (κ3) is 3.91. The molecule has 108 valence electrons. The molecule has 0 aliphatic carbocycles. The van der Waals surface area contributed by atoms with Gasteiger partial charge in [0.15, 0.2) is 0 Å². The second-order valence-corrected chi connectivity index (χ2v) is 6.37. The maximum atomic E-state index is 8.82. The molecule has 2 aromatic carbocycles. The Hall–Kier alpha value is -1.22. The van der Waals surface area contributed by atoms with Crippen LogP contribution >= 0.6 is 43.5 Å². The normalized spacial score (nSPS) is 10.0. The van der Waals surface area contributed by atoms with Gasteiger partial charge in [-0.25, -0.2) is 0 Å². The van der Waals surface area contributed by atoms with Crippen LogP contribution in [0.5, 0.6) is 5.75 Å². The van der Waals surface area contributed by atoms with Crippen molar-refractivity contribution in [2.75, 3.05) is 12.4 Å². The molecule has 0 aliphatic heterocycles. The van der Waals surface area contributed by atoms with E-state index < -0.39 is 0 Å². The molecule has 0 bridgehead atoms. The van der Waals surface area contributed by atoms with Gasteiger partial charge in [-0.1, -0.05) is 11.6 Å². The Morgan fingerprint density at radius 2 is 1.90 bits per heavy atom. The van der Waals surface area contributed by atoms with Crippen LogP contribution in [-0.4, -0.2) is 7.11 Å². The number of methoxy groups -OCH3 is 1. The molecule has 0 saturated heterocycles. The second-order valence-electron chi connectivity index (χ2n) is 4.25. The fourth-order valence-electron chi connectivity index (χ4n) is 1.83. The van der Waals surface area contributed by atoms with E-state index in [0.717, 1.165) is 25.9 Å². The van der Waals surface area contributed by atoms with Crippen molar-refractivity contribution in [1.82, 2.24) is 0 Å². The predicted octanol–water partition coefficient (Wildman–Crippen LogP) is 5.36. The van der Waals surface area contributed by atoms with Crippen molar-refractivity contribution in [2.45, 2.75) is 6.54 Å². The van der Waals surface area contributed by atoms with Crippen molar-refractivity contribution in [3.05, 3.63) is 55.4 Å². The van der Waals surface area contributed by atoms with Crippen molar-refractivity contribution in [3.8, 4) is 11.8 Å². The molecule has 0 heterocycles.